The molecule has 2 rings (SSSR count). The molecule has 1 aliphatic rings. The van der Waals surface area contributed by atoms with Gasteiger partial charge in [-0.05, 0) is 18.6 Å². The van der Waals surface area contributed by atoms with E-state index in [1.54, 1.807) is 6.20 Å². The number of anilines is 1. The number of sulfone groups is 1. The van der Waals surface area contributed by atoms with Crippen molar-refractivity contribution < 1.29 is 8.42 Å². The van der Waals surface area contributed by atoms with Crippen molar-refractivity contribution in [2.75, 3.05) is 29.5 Å². The van der Waals surface area contributed by atoms with E-state index < -0.39 is 9.84 Å². The molecule has 0 aliphatic carbocycles. The summed E-state index contributed by atoms with van der Waals surface area (Å²) in [5.74, 6) is 0.434. The maximum absolute atomic E-state index is 11.3. The fraction of sp³-hybridized carbons (Fsp3) is 0.500. The van der Waals surface area contributed by atoms with Gasteiger partial charge in [-0.2, -0.15) is 0 Å². The molecule has 4 nitrogen and oxygen atoms in total. The molecule has 1 saturated heterocycles. The van der Waals surface area contributed by atoms with Gasteiger partial charge >= 0.3 is 0 Å². The Kier molecular flexibility index (Phi) is 3.08. The fourth-order valence-electron chi connectivity index (χ4n) is 1.69. The predicted octanol–water partition coefficient (Wildman–Crippen LogP) is 1.28. The standard InChI is InChI=1S/C10H13ClN2O2S/c1-8-6-9(7-12-10(8)11)13-2-4-16(14,15)5-3-13/h6-7H,2-5H2,1H3. The maximum atomic E-state index is 11.3. The van der Waals surface area contributed by atoms with Gasteiger partial charge in [0.1, 0.15) is 5.15 Å². The molecule has 0 radical (unpaired) electrons. The average molecular weight is 261 g/mol. The molecule has 0 aromatic carbocycles. The molecule has 0 saturated carbocycles. The van der Waals surface area contributed by atoms with Gasteiger partial charge in [0.25, 0.3) is 0 Å². The molecule has 1 fully saturated rings. The van der Waals surface area contributed by atoms with E-state index in [-0.39, 0.29) is 11.5 Å². The number of aryl methyl sites for hydroxylation is 1. The molecule has 1 aromatic rings. The van der Waals surface area contributed by atoms with Crippen LogP contribution in [0.15, 0.2) is 12.3 Å². The minimum absolute atomic E-state index is 0.217. The van der Waals surface area contributed by atoms with Crippen molar-refractivity contribution in [1.29, 1.82) is 0 Å². The fourth-order valence-corrected chi connectivity index (χ4v) is 2.99. The van der Waals surface area contributed by atoms with Gasteiger partial charge in [-0.3, -0.25) is 0 Å². The number of hydrogen-bond donors (Lipinski definition) is 0. The molecule has 0 atom stereocenters. The number of pyridine rings is 1. The van der Waals surface area contributed by atoms with Crippen molar-refractivity contribution in [1.82, 2.24) is 4.98 Å². The number of hydrogen-bond acceptors (Lipinski definition) is 4. The van der Waals surface area contributed by atoms with Crippen LogP contribution in [0.2, 0.25) is 5.15 Å². The molecule has 2 heterocycles. The third kappa shape index (κ3) is 2.47. The largest absolute Gasteiger partial charge is 0.368 e. The molecular weight excluding hydrogens is 248 g/mol. The van der Waals surface area contributed by atoms with Gasteiger partial charge in [-0.1, -0.05) is 11.6 Å². The zero-order chi connectivity index (χ0) is 11.8. The summed E-state index contributed by atoms with van der Waals surface area (Å²) >= 11 is 5.84. The van der Waals surface area contributed by atoms with E-state index >= 15 is 0 Å². The van der Waals surface area contributed by atoms with Crippen molar-refractivity contribution >= 4 is 27.1 Å². The second-order valence-corrected chi connectivity index (χ2v) is 6.60. The molecule has 0 N–H and O–H groups in total. The van der Waals surface area contributed by atoms with E-state index in [0.717, 1.165) is 11.3 Å². The first kappa shape index (κ1) is 11.7. The smallest absolute Gasteiger partial charge is 0.153 e. The Morgan fingerprint density at radius 3 is 2.56 bits per heavy atom. The molecular formula is C10H13ClN2O2S. The van der Waals surface area contributed by atoms with Crippen LogP contribution < -0.4 is 4.90 Å². The van der Waals surface area contributed by atoms with Gasteiger partial charge in [0, 0.05) is 13.1 Å². The summed E-state index contributed by atoms with van der Waals surface area (Å²) in [7, 11) is -2.83. The van der Waals surface area contributed by atoms with Gasteiger partial charge in [0.05, 0.1) is 23.4 Å². The third-order valence-corrected chi connectivity index (χ3v) is 4.71. The van der Waals surface area contributed by atoms with Crippen LogP contribution in [-0.4, -0.2) is 38.0 Å². The second kappa shape index (κ2) is 4.22. The number of halogens is 1. The van der Waals surface area contributed by atoms with Crippen LogP contribution in [0.1, 0.15) is 5.56 Å². The van der Waals surface area contributed by atoms with Gasteiger partial charge < -0.3 is 4.90 Å². The summed E-state index contributed by atoms with van der Waals surface area (Å²) < 4.78 is 22.6. The first-order chi connectivity index (χ1) is 7.48. The zero-order valence-corrected chi connectivity index (χ0v) is 10.6. The van der Waals surface area contributed by atoms with E-state index in [0.29, 0.717) is 18.2 Å². The van der Waals surface area contributed by atoms with Gasteiger partial charge in [-0.25, -0.2) is 13.4 Å². The Morgan fingerprint density at radius 2 is 2.00 bits per heavy atom. The highest BCUT2D eigenvalue weighted by atomic mass is 35.5. The van der Waals surface area contributed by atoms with Gasteiger partial charge in [0.2, 0.25) is 0 Å². The van der Waals surface area contributed by atoms with Crippen molar-refractivity contribution in [2.24, 2.45) is 0 Å². The average Bonchev–Trinajstić information content (AvgIpc) is 2.22. The molecule has 16 heavy (non-hydrogen) atoms. The molecule has 0 spiro atoms. The summed E-state index contributed by atoms with van der Waals surface area (Å²) in [4.78, 5) is 6.09. The summed E-state index contributed by atoms with van der Waals surface area (Å²) in [5, 5.41) is 0.494. The van der Waals surface area contributed by atoms with Crippen LogP contribution in [0.3, 0.4) is 0 Å². The zero-order valence-electron chi connectivity index (χ0n) is 8.98. The second-order valence-electron chi connectivity index (χ2n) is 3.94. The SMILES string of the molecule is Cc1cc(N2CCS(=O)(=O)CC2)cnc1Cl. The summed E-state index contributed by atoms with van der Waals surface area (Å²) in [6.07, 6.45) is 1.69. The first-order valence-electron chi connectivity index (χ1n) is 5.05. The molecule has 1 aliphatic heterocycles. The van der Waals surface area contributed by atoms with E-state index in [1.807, 2.05) is 17.9 Å². The lowest BCUT2D eigenvalue weighted by molar-refractivity contribution is 0.586. The summed E-state index contributed by atoms with van der Waals surface area (Å²) in [6, 6.07) is 1.94. The summed E-state index contributed by atoms with van der Waals surface area (Å²) in [5.41, 5.74) is 1.85. The Labute approximate surface area is 100 Å². The van der Waals surface area contributed by atoms with Crippen molar-refractivity contribution in [3.05, 3.63) is 23.0 Å². The first-order valence-corrected chi connectivity index (χ1v) is 7.25. The lowest BCUT2D eigenvalue weighted by Gasteiger charge is -2.28. The highest BCUT2D eigenvalue weighted by molar-refractivity contribution is 7.91. The Morgan fingerprint density at radius 1 is 1.38 bits per heavy atom. The Bertz CT molecular complexity index is 488. The van der Waals surface area contributed by atoms with Crippen molar-refractivity contribution in [3.8, 4) is 0 Å². The molecule has 0 amide bonds. The lowest BCUT2D eigenvalue weighted by Crippen LogP contribution is -2.40. The Hall–Kier alpha value is -0.810. The molecule has 1 aromatic heterocycles. The minimum atomic E-state index is -2.83. The molecule has 0 bridgehead atoms. The van der Waals surface area contributed by atoms with E-state index in [2.05, 4.69) is 4.98 Å². The molecule has 0 unspecified atom stereocenters. The quantitative estimate of drug-likeness (QED) is 0.714. The number of rotatable bonds is 1. The van der Waals surface area contributed by atoms with Crippen molar-refractivity contribution in [2.45, 2.75) is 6.92 Å². The predicted molar refractivity (Wildman–Crippen MR) is 64.9 cm³/mol. The minimum Gasteiger partial charge on any atom is -0.368 e. The van der Waals surface area contributed by atoms with Crippen molar-refractivity contribution in [3.63, 3.8) is 0 Å². The highest BCUT2D eigenvalue weighted by Crippen LogP contribution is 2.21. The van der Waals surface area contributed by atoms with Crippen LogP contribution >= 0.6 is 11.6 Å². The van der Waals surface area contributed by atoms with Crippen LogP contribution in [0.25, 0.3) is 0 Å². The highest BCUT2D eigenvalue weighted by Gasteiger charge is 2.22. The monoisotopic (exact) mass is 260 g/mol. The number of aromatic nitrogens is 1. The topological polar surface area (TPSA) is 50.3 Å². The lowest BCUT2D eigenvalue weighted by atomic mass is 10.2. The van der Waals surface area contributed by atoms with Crippen LogP contribution in [0, 0.1) is 6.92 Å². The van der Waals surface area contributed by atoms with E-state index in [1.165, 1.54) is 0 Å². The van der Waals surface area contributed by atoms with Gasteiger partial charge in [-0.15, -0.1) is 0 Å². The molecule has 6 heteroatoms. The van der Waals surface area contributed by atoms with Crippen LogP contribution in [-0.2, 0) is 9.84 Å². The normalized spacial score (nSPS) is 19.8. The van der Waals surface area contributed by atoms with E-state index in [9.17, 15) is 8.42 Å². The number of nitrogens with zero attached hydrogens (tertiary/aromatic N) is 2. The third-order valence-electron chi connectivity index (χ3n) is 2.71. The van der Waals surface area contributed by atoms with Crippen LogP contribution in [0.5, 0.6) is 0 Å². The van der Waals surface area contributed by atoms with Gasteiger partial charge in [0.15, 0.2) is 9.84 Å². The Balaban J connectivity index is 2.17. The summed E-state index contributed by atoms with van der Waals surface area (Å²) in [6.45, 7) is 2.95. The van der Waals surface area contributed by atoms with Crippen LogP contribution in [0.4, 0.5) is 5.69 Å². The van der Waals surface area contributed by atoms with E-state index in [4.69, 9.17) is 11.6 Å². The molecule has 88 valence electrons. The maximum Gasteiger partial charge on any atom is 0.153 e.